The van der Waals surface area contributed by atoms with Crippen LogP contribution in [0.25, 0.3) is 11.0 Å². The molecular formula is C25H26N6. The molecule has 1 aliphatic heterocycles. The zero-order valence-electron chi connectivity index (χ0n) is 17.7. The van der Waals surface area contributed by atoms with Gasteiger partial charge in [0.2, 0.25) is 0 Å². The summed E-state index contributed by atoms with van der Waals surface area (Å²) in [7, 11) is 0. The van der Waals surface area contributed by atoms with Crippen LogP contribution in [0, 0.1) is 6.92 Å². The molecule has 1 aliphatic rings. The standard InChI is InChI=1S/C25H26N6/c1-18-5-4-11-28-25(18)30-24-10-8-20(16-29-24)23-6-2-3-14-31(23)17-19-7-9-21-22(15-19)27-13-12-26-21/h4-5,7-13,15-16,23H,2-3,6,14,17H2,1H3,(H,28,29,30). The first-order valence-corrected chi connectivity index (χ1v) is 10.8. The highest BCUT2D eigenvalue weighted by atomic mass is 15.2. The molecule has 156 valence electrons. The van der Waals surface area contributed by atoms with Crippen LogP contribution in [0.3, 0.4) is 0 Å². The lowest BCUT2D eigenvalue weighted by molar-refractivity contribution is 0.140. The molecule has 0 radical (unpaired) electrons. The Labute approximate surface area is 182 Å². The van der Waals surface area contributed by atoms with E-state index < -0.39 is 0 Å². The van der Waals surface area contributed by atoms with Crippen LogP contribution in [-0.4, -0.2) is 31.4 Å². The topological polar surface area (TPSA) is 66.8 Å². The number of pyridine rings is 2. The van der Waals surface area contributed by atoms with Crippen molar-refractivity contribution in [2.75, 3.05) is 11.9 Å². The Morgan fingerprint density at radius 1 is 0.935 bits per heavy atom. The maximum absolute atomic E-state index is 4.68. The molecule has 0 amide bonds. The van der Waals surface area contributed by atoms with E-state index in [0.29, 0.717) is 6.04 Å². The molecule has 6 heteroatoms. The van der Waals surface area contributed by atoms with E-state index in [0.717, 1.165) is 47.7 Å². The number of rotatable bonds is 5. The zero-order chi connectivity index (χ0) is 21.0. The maximum atomic E-state index is 4.68. The number of hydrogen-bond acceptors (Lipinski definition) is 6. The van der Waals surface area contributed by atoms with Crippen LogP contribution < -0.4 is 5.32 Å². The molecule has 1 atom stereocenters. The highest BCUT2D eigenvalue weighted by Gasteiger charge is 2.24. The van der Waals surface area contributed by atoms with Crippen molar-refractivity contribution < 1.29 is 0 Å². The molecule has 1 saturated heterocycles. The highest BCUT2D eigenvalue weighted by molar-refractivity contribution is 5.74. The number of nitrogens with one attached hydrogen (secondary N) is 1. The second-order valence-corrected chi connectivity index (χ2v) is 8.13. The molecule has 1 N–H and O–H groups in total. The van der Waals surface area contributed by atoms with Crippen molar-refractivity contribution in [3.8, 4) is 0 Å². The minimum absolute atomic E-state index is 0.379. The van der Waals surface area contributed by atoms with Crippen LogP contribution in [-0.2, 0) is 6.54 Å². The van der Waals surface area contributed by atoms with Gasteiger partial charge in [-0.3, -0.25) is 14.9 Å². The van der Waals surface area contributed by atoms with E-state index in [1.54, 1.807) is 18.6 Å². The molecule has 31 heavy (non-hydrogen) atoms. The third-order valence-electron chi connectivity index (χ3n) is 5.96. The van der Waals surface area contributed by atoms with Crippen molar-refractivity contribution >= 4 is 22.7 Å². The van der Waals surface area contributed by atoms with Crippen LogP contribution in [0.2, 0.25) is 0 Å². The molecule has 0 bridgehead atoms. The number of aromatic nitrogens is 4. The lowest BCUT2D eigenvalue weighted by Gasteiger charge is -2.36. The second kappa shape index (κ2) is 8.78. The van der Waals surface area contributed by atoms with Crippen molar-refractivity contribution in [1.82, 2.24) is 24.8 Å². The number of benzene rings is 1. The Morgan fingerprint density at radius 3 is 2.68 bits per heavy atom. The summed E-state index contributed by atoms with van der Waals surface area (Å²) in [5, 5.41) is 3.32. The monoisotopic (exact) mass is 410 g/mol. The van der Waals surface area contributed by atoms with Gasteiger partial charge in [0.1, 0.15) is 11.6 Å². The quantitative estimate of drug-likeness (QED) is 0.488. The number of anilines is 2. The molecule has 0 saturated carbocycles. The smallest absolute Gasteiger partial charge is 0.134 e. The Kier molecular flexibility index (Phi) is 5.54. The van der Waals surface area contributed by atoms with Gasteiger partial charge >= 0.3 is 0 Å². The van der Waals surface area contributed by atoms with Gasteiger partial charge < -0.3 is 5.32 Å². The highest BCUT2D eigenvalue weighted by Crippen LogP contribution is 2.32. The summed E-state index contributed by atoms with van der Waals surface area (Å²) in [4.78, 5) is 20.5. The van der Waals surface area contributed by atoms with Gasteiger partial charge in [0.05, 0.1) is 11.0 Å². The lowest BCUT2D eigenvalue weighted by Crippen LogP contribution is -2.33. The Hall–Kier alpha value is -3.38. The van der Waals surface area contributed by atoms with Crippen molar-refractivity contribution in [3.63, 3.8) is 0 Å². The minimum atomic E-state index is 0.379. The summed E-state index contributed by atoms with van der Waals surface area (Å²) in [5.74, 6) is 1.67. The van der Waals surface area contributed by atoms with Crippen LogP contribution in [0.4, 0.5) is 11.6 Å². The van der Waals surface area contributed by atoms with Gasteiger partial charge in [-0.25, -0.2) is 9.97 Å². The zero-order valence-corrected chi connectivity index (χ0v) is 17.7. The maximum Gasteiger partial charge on any atom is 0.134 e. The first-order valence-electron chi connectivity index (χ1n) is 10.8. The normalized spacial score (nSPS) is 17.0. The molecule has 4 heterocycles. The lowest BCUT2D eigenvalue weighted by atomic mass is 9.95. The molecule has 4 aromatic rings. The van der Waals surface area contributed by atoms with Crippen molar-refractivity contribution in [2.24, 2.45) is 0 Å². The first kappa shape index (κ1) is 19.6. The van der Waals surface area contributed by atoms with Crippen LogP contribution in [0.1, 0.15) is 42.0 Å². The average Bonchev–Trinajstić information content (AvgIpc) is 2.81. The van der Waals surface area contributed by atoms with Crippen LogP contribution in [0.15, 0.2) is 67.3 Å². The summed E-state index contributed by atoms with van der Waals surface area (Å²) in [6.07, 6.45) is 10.9. The molecule has 0 aliphatic carbocycles. The van der Waals surface area contributed by atoms with Gasteiger partial charge in [0, 0.05) is 37.4 Å². The SMILES string of the molecule is Cc1cccnc1Nc1ccc(C2CCCCN2Cc2ccc3nccnc3c2)cn1. The summed E-state index contributed by atoms with van der Waals surface area (Å²) in [6, 6.07) is 15.0. The Bertz CT molecular complexity index is 1170. The molecule has 1 unspecified atom stereocenters. The Balaban J connectivity index is 1.33. The fraction of sp³-hybridized carbons (Fsp3) is 0.280. The number of likely N-dealkylation sites (tertiary alicyclic amines) is 1. The van der Waals surface area contributed by atoms with Crippen molar-refractivity contribution in [3.05, 3.63) is 83.9 Å². The molecule has 3 aromatic heterocycles. The Morgan fingerprint density at radius 2 is 1.84 bits per heavy atom. The van der Waals surface area contributed by atoms with E-state index >= 15 is 0 Å². The van der Waals surface area contributed by atoms with E-state index in [-0.39, 0.29) is 0 Å². The fourth-order valence-electron chi connectivity index (χ4n) is 4.31. The van der Waals surface area contributed by atoms with E-state index in [1.165, 1.54) is 24.0 Å². The molecular weight excluding hydrogens is 384 g/mol. The molecule has 0 spiro atoms. The molecule has 1 aromatic carbocycles. The minimum Gasteiger partial charge on any atom is -0.325 e. The van der Waals surface area contributed by atoms with Crippen LogP contribution >= 0.6 is 0 Å². The van der Waals surface area contributed by atoms with E-state index in [9.17, 15) is 0 Å². The number of piperidine rings is 1. The summed E-state index contributed by atoms with van der Waals surface area (Å²) in [5.41, 5.74) is 5.54. The predicted molar refractivity (Wildman–Crippen MR) is 123 cm³/mol. The first-order chi connectivity index (χ1) is 15.3. The van der Waals surface area contributed by atoms with Crippen molar-refractivity contribution in [1.29, 1.82) is 0 Å². The molecule has 5 rings (SSSR count). The average molecular weight is 411 g/mol. The third kappa shape index (κ3) is 4.39. The second-order valence-electron chi connectivity index (χ2n) is 8.13. The summed E-state index contributed by atoms with van der Waals surface area (Å²) < 4.78 is 0. The number of nitrogens with zero attached hydrogens (tertiary/aromatic N) is 5. The molecule has 6 nitrogen and oxygen atoms in total. The molecule has 1 fully saturated rings. The van der Waals surface area contributed by atoms with Gasteiger partial charge in [-0.1, -0.05) is 24.6 Å². The van der Waals surface area contributed by atoms with Gasteiger partial charge in [0.15, 0.2) is 0 Å². The van der Waals surface area contributed by atoms with E-state index in [1.807, 2.05) is 25.3 Å². The summed E-state index contributed by atoms with van der Waals surface area (Å²) in [6.45, 7) is 4.04. The van der Waals surface area contributed by atoms with E-state index in [4.69, 9.17) is 0 Å². The third-order valence-corrected chi connectivity index (χ3v) is 5.96. The number of hydrogen-bond donors (Lipinski definition) is 1. The fourth-order valence-corrected chi connectivity index (χ4v) is 4.31. The van der Waals surface area contributed by atoms with Gasteiger partial charge in [-0.15, -0.1) is 0 Å². The van der Waals surface area contributed by atoms with Gasteiger partial charge in [-0.2, -0.15) is 0 Å². The van der Waals surface area contributed by atoms with Crippen LogP contribution in [0.5, 0.6) is 0 Å². The number of fused-ring (bicyclic) bond motifs is 1. The van der Waals surface area contributed by atoms with Gasteiger partial charge in [-0.05, 0) is 67.3 Å². The number of aryl methyl sites for hydroxylation is 1. The van der Waals surface area contributed by atoms with Crippen molar-refractivity contribution in [2.45, 2.75) is 38.8 Å². The van der Waals surface area contributed by atoms with E-state index in [2.05, 4.69) is 60.5 Å². The predicted octanol–water partition coefficient (Wildman–Crippen LogP) is 5.20. The summed E-state index contributed by atoms with van der Waals surface area (Å²) >= 11 is 0. The van der Waals surface area contributed by atoms with Gasteiger partial charge in [0.25, 0.3) is 0 Å². The largest absolute Gasteiger partial charge is 0.325 e.